The molecule has 11 heteroatoms. The Morgan fingerprint density at radius 2 is 1.23 bits per heavy atom. The molecule has 212 valence electrons. The van der Waals surface area contributed by atoms with E-state index in [0.717, 1.165) is 11.1 Å². The molecule has 0 aliphatic heterocycles. The standard InChI is InChI=1S/C28H36N2O9/c1-34-27(32)20-38-17-15-35-12-10-29-26(31)19-37-16-14-36-13-11-30-28(33)39-18-25-23-8-4-2-6-21(23)22-7-3-5-9-24(22)25/h2-9,25H,10-20H2,1H3,(H,29,31)(H,30,33). The Labute approximate surface area is 228 Å². The van der Waals surface area contributed by atoms with Crippen molar-refractivity contribution in [1.29, 1.82) is 0 Å². The van der Waals surface area contributed by atoms with Crippen LogP contribution in [0.25, 0.3) is 11.1 Å². The van der Waals surface area contributed by atoms with E-state index in [1.165, 1.54) is 18.2 Å². The first-order valence-corrected chi connectivity index (χ1v) is 12.8. The van der Waals surface area contributed by atoms with Crippen LogP contribution in [0.3, 0.4) is 0 Å². The highest BCUT2D eigenvalue weighted by Crippen LogP contribution is 2.44. The zero-order valence-corrected chi connectivity index (χ0v) is 22.1. The van der Waals surface area contributed by atoms with Crippen LogP contribution in [0.5, 0.6) is 0 Å². The first kappa shape index (κ1) is 30.0. The van der Waals surface area contributed by atoms with E-state index in [1.807, 2.05) is 24.3 Å². The van der Waals surface area contributed by atoms with Crippen LogP contribution >= 0.6 is 0 Å². The largest absolute Gasteiger partial charge is 0.467 e. The predicted octanol–water partition coefficient (Wildman–Crippen LogP) is 1.88. The Hall–Kier alpha value is -3.51. The Bertz CT molecular complexity index is 1020. The first-order valence-electron chi connectivity index (χ1n) is 12.8. The van der Waals surface area contributed by atoms with Gasteiger partial charge in [-0.05, 0) is 22.3 Å². The zero-order chi connectivity index (χ0) is 27.7. The van der Waals surface area contributed by atoms with E-state index < -0.39 is 12.1 Å². The molecule has 2 amide bonds. The average Bonchev–Trinajstić information content (AvgIpc) is 3.28. The van der Waals surface area contributed by atoms with Gasteiger partial charge < -0.3 is 39.1 Å². The second kappa shape index (κ2) is 17.2. The van der Waals surface area contributed by atoms with Crippen LogP contribution in [0.15, 0.2) is 48.5 Å². The third kappa shape index (κ3) is 10.3. The summed E-state index contributed by atoms with van der Waals surface area (Å²) in [6, 6.07) is 16.4. The molecule has 0 bridgehead atoms. The first-order chi connectivity index (χ1) is 19.1. The van der Waals surface area contributed by atoms with Crippen molar-refractivity contribution in [3.63, 3.8) is 0 Å². The number of nitrogens with one attached hydrogen (secondary N) is 2. The maximum atomic E-state index is 12.2. The lowest BCUT2D eigenvalue weighted by Crippen LogP contribution is -2.31. The number of benzene rings is 2. The SMILES string of the molecule is COC(=O)COCCOCCNC(=O)COCCOCCNC(=O)OCC1c2ccccc2-c2ccccc21. The van der Waals surface area contributed by atoms with E-state index in [-0.39, 0.29) is 51.5 Å². The fraction of sp³-hybridized carbons (Fsp3) is 0.464. The minimum absolute atomic E-state index is 0.0140. The molecule has 2 N–H and O–H groups in total. The van der Waals surface area contributed by atoms with Gasteiger partial charge in [-0.3, -0.25) is 4.79 Å². The number of amides is 2. The van der Waals surface area contributed by atoms with Crippen LogP contribution in [-0.4, -0.2) is 97.6 Å². The minimum atomic E-state index is -0.494. The molecule has 0 saturated carbocycles. The number of hydrogen-bond donors (Lipinski definition) is 2. The summed E-state index contributed by atoms with van der Waals surface area (Å²) in [6.07, 6.45) is -0.494. The lowest BCUT2D eigenvalue weighted by Gasteiger charge is -2.14. The van der Waals surface area contributed by atoms with Gasteiger partial charge in [-0.15, -0.1) is 0 Å². The minimum Gasteiger partial charge on any atom is -0.467 e. The Kier molecular flexibility index (Phi) is 13.2. The number of fused-ring (bicyclic) bond motifs is 3. The number of hydrogen-bond acceptors (Lipinski definition) is 9. The molecule has 0 fully saturated rings. The molecule has 2 aromatic rings. The molecule has 1 aliphatic carbocycles. The molecule has 2 aromatic carbocycles. The topological polar surface area (TPSA) is 131 Å². The van der Waals surface area contributed by atoms with Gasteiger partial charge >= 0.3 is 12.1 Å². The summed E-state index contributed by atoms with van der Waals surface area (Å²) < 4.78 is 30.9. The fourth-order valence-electron chi connectivity index (χ4n) is 4.01. The second-order valence-electron chi connectivity index (χ2n) is 8.51. The third-order valence-electron chi connectivity index (χ3n) is 5.85. The maximum absolute atomic E-state index is 12.2. The van der Waals surface area contributed by atoms with Gasteiger partial charge in [0.2, 0.25) is 5.91 Å². The summed E-state index contributed by atoms with van der Waals surface area (Å²) in [5.41, 5.74) is 4.69. The molecule has 0 heterocycles. The lowest BCUT2D eigenvalue weighted by atomic mass is 9.98. The van der Waals surface area contributed by atoms with E-state index in [1.54, 1.807) is 0 Å². The van der Waals surface area contributed by atoms with E-state index >= 15 is 0 Å². The summed E-state index contributed by atoms with van der Waals surface area (Å²) in [4.78, 5) is 34.7. The van der Waals surface area contributed by atoms with Crippen molar-refractivity contribution >= 4 is 18.0 Å². The number of alkyl carbamates (subject to hydrolysis) is 1. The highest BCUT2D eigenvalue weighted by Gasteiger charge is 2.28. The van der Waals surface area contributed by atoms with E-state index in [0.29, 0.717) is 32.9 Å². The van der Waals surface area contributed by atoms with Gasteiger partial charge in [-0.25, -0.2) is 9.59 Å². The smallest absolute Gasteiger partial charge is 0.407 e. The number of methoxy groups -OCH3 is 1. The number of carbonyl (C=O) groups is 3. The van der Waals surface area contributed by atoms with Crippen molar-refractivity contribution in [3.8, 4) is 11.1 Å². The molecular formula is C28H36N2O9. The Morgan fingerprint density at radius 3 is 1.85 bits per heavy atom. The molecule has 0 radical (unpaired) electrons. The van der Waals surface area contributed by atoms with Crippen molar-refractivity contribution in [2.45, 2.75) is 5.92 Å². The summed E-state index contributed by atoms with van der Waals surface area (Å²) in [5, 5.41) is 5.35. The van der Waals surface area contributed by atoms with Crippen LogP contribution in [0.2, 0.25) is 0 Å². The van der Waals surface area contributed by atoms with Gasteiger partial charge in [0.15, 0.2) is 0 Å². The van der Waals surface area contributed by atoms with Crippen LogP contribution in [-0.2, 0) is 38.0 Å². The van der Waals surface area contributed by atoms with Gasteiger partial charge in [0, 0.05) is 19.0 Å². The highest BCUT2D eigenvalue weighted by atomic mass is 16.6. The van der Waals surface area contributed by atoms with Gasteiger partial charge in [-0.1, -0.05) is 48.5 Å². The molecule has 39 heavy (non-hydrogen) atoms. The molecule has 0 aromatic heterocycles. The van der Waals surface area contributed by atoms with Gasteiger partial charge in [0.05, 0.1) is 46.8 Å². The van der Waals surface area contributed by atoms with Gasteiger partial charge in [-0.2, -0.15) is 0 Å². The third-order valence-corrected chi connectivity index (χ3v) is 5.85. The van der Waals surface area contributed by atoms with E-state index in [9.17, 15) is 14.4 Å². The highest BCUT2D eigenvalue weighted by molar-refractivity contribution is 5.79. The lowest BCUT2D eigenvalue weighted by molar-refractivity contribution is -0.146. The maximum Gasteiger partial charge on any atom is 0.407 e. The van der Waals surface area contributed by atoms with Crippen LogP contribution < -0.4 is 10.6 Å². The van der Waals surface area contributed by atoms with Crippen molar-refractivity contribution < 1.29 is 42.8 Å². The van der Waals surface area contributed by atoms with E-state index in [2.05, 4.69) is 39.6 Å². The summed E-state index contributed by atoms with van der Waals surface area (Å²) in [7, 11) is 1.29. The zero-order valence-electron chi connectivity index (χ0n) is 22.1. The molecule has 0 spiro atoms. The summed E-state index contributed by atoms with van der Waals surface area (Å²) in [5.74, 6) is -0.699. The quantitative estimate of drug-likeness (QED) is 0.213. The van der Waals surface area contributed by atoms with Gasteiger partial charge in [0.1, 0.15) is 19.8 Å². The van der Waals surface area contributed by atoms with Crippen molar-refractivity contribution in [2.75, 3.05) is 79.7 Å². The predicted molar refractivity (Wildman–Crippen MR) is 141 cm³/mol. The second-order valence-corrected chi connectivity index (χ2v) is 8.51. The number of rotatable bonds is 18. The molecule has 0 unspecified atom stereocenters. The molecule has 3 rings (SSSR count). The normalized spacial score (nSPS) is 11.9. The van der Waals surface area contributed by atoms with Crippen LogP contribution in [0.1, 0.15) is 17.0 Å². The summed E-state index contributed by atoms with van der Waals surface area (Å²) in [6.45, 7) is 2.37. The number of ether oxygens (including phenoxy) is 6. The molecule has 11 nitrogen and oxygen atoms in total. The van der Waals surface area contributed by atoms with Crippen LogP contribution in [0, 0.1) is 0 Å². The fourth-order valence-corrected chi connectivity index (χ4v) is 4.01. The molecular weight excluding hydrogens is 508 g/mol. The Morgan fingerprint density at radius 1 is 0.692 bits per heavy atom. The van der Waals surface area contributed by atoms with Crippen molar-refractivity contribution in [3.05, 3.63) is 59.7 Å². The molecule has 0 saturated heterocycles. The molecule has 1 aliphatic rings. The monoisotopic (exact) mass is 544 g/mol. The van der Waals surface area contributed by atoms with Gasteiger partial charge in [0.25, 0.3) is 0 Å². The number of esters is 1. The summed E-state index contributed by atoms with van der Waals surface area (Å²) >= 11 is 0. The molecule has 0 atom stereocenters. The van der Waals surface area contributed by atoms with Crippen molar-refractivity contribution in [1.82, 2.24) is 10.6 Å². The van der Waals surface area contributed by atoms with Crippen LogP contribution in [0.4, 0.5) is 4.79 Å². The average molecular weight is 545 g/mol. The Balaban J connectivity index is 1.14. The van der Waals surface area contributed by atoms with E-state index in [4.69, 9.17) is 23.7 Å². The number of carbonyl (C=O) groups excluding carboxylic acids is 3. The van der Waals surface area contributed by atoms with Crippen molar-refractivity contribution in [2.24, 2.45) is 0 Å².